The number of pyridine rings is 1. The Morgan fingerprint density at radius 2 is 2.12 bits per heavy atom. The van der Waals surface area contributed by atoms with Crippen molar-refractivity contribution in [2.45, 2.75) is 26.3 Å². The van der Waals surface area contributed by atoms with Gasteiger partial charge < -0.3 is 10.1 Å². The molecular formula is C18H18N2O3S. The van der Waals surface area contributed by atoms with Gasteiger partial charge >= 0.3 is 0 Å². The molecule has 0 bridgehead atoms. The van der Waals surface area contributed by atoms with E-state index in [9.17, 15) is 9.59 Å². The van der Waals surface area contributed by atoms with Crippen molar-refractivity contribution in [3.8, 4) is 11.6 Å². The average Bonchev–Trinajstić information content (AvgIpc) is 2.97. The fourth-order valence-corrected chi connectivity index (χ4v) is 3.32. The molecule has 5 nitrogen and oxygen atoms in total. The Hall–Kier alpha value is -2.34. The first kappa shape index (κ1) is 16.5. The Morgan fingerprint density at radius 1 is 1.29 bits per heavy atom. The largest absolute Gasteiger partial charge is 0.439 e. The molecule has 1 atom stereocenters. The molecule has 6 heteroatoms. The van der Waals surface area contributed by atoms with Gasteiger partial charge in [-0.1, -0.05) is 23.9 Å². The van der Waals surface area contributed by atoms with Crippen LogP contribution in [-0.2, 0) is 4.79 Å². The van der Waals surface area contributed by atoms with Crippen LogP contribution in [0.3, 0.4) is 0 Å². The minimum atomic E-state index is -0.395. The molecule has 2 heterocycles. The van der Waals surface area contributed by atoms with Crippen LogP contribution in [-0.4, -0.2) is 27.8 Å². The second-order valence-electron chi connectivity index (χ2n) is 5.67. The maximum absolute atomic E-state index is 12.2. The van der Waals surface area contributed by atoms with Gasteiger partial charge in [-0.05, 0) is 43.5 Å². The number of aromatic nitrogens is 1. The Morgan fingerprint density at radius 3 is 2.79 bits per heavy atom. The van der Waals surface area contributed by atoms with Gasteiger partial charge in [-0.2, -0.15) is 0 Å². The van der Waals surface area contributed by atoms with Crippen molar-refractivity contribution in [3.63, 3.8) is 0 Å². The number of amides is 1. The standard InChI is InChI=1S/C18H18N2O3S/c1-11-4-3-5-15(12(11)2)23-16-7-6-13(10-19-16)17(21)20-14-8-9-24-18(14)22/h3-7,10,14H,8-9H2,1-2H3,(H,20,21)/t14-/m1/s1. The number of benzene rings is 1. The van der Waals surface area contributed by atoms with Crippen molar-refractivity contribution in [1.29, 1.82) is 0 Å². The highest BCUT2D eigenvalue weighted by molar-refractivity contribution is 8.14. The maximum Gasteiger partial charge on any atom is 0.253 e. The fraction of sp³-hybridized carbons (Fsp3) is 0.278. The molecular weight excluding hydrogens is 324 g/mol. The number of carbonyl (C=O) groups excluding carboxylic acids is 2. The lowest BCUT2D eigenvalue weighted by Gasteiger charge is -2.11. The van der Waals surface area contributed by atoms with Crippen LogP contribution >= 0.6 is 11.8 Å². The molecule has 1 amide bonds. The van der Waals surface area contributed by atoms with Crippen LogP contribution in [0.4, 0.5) is 0 Å². The molecule has 1 saturated heterocycles. The number of ether oxygens (including phenoxy) is 1. The predicted molar refractivity (Wildman–Crippen MR) is 93.6 cm³/mol. The lowest BCUT2D eigenvalue weighted by Crippen LogP contribution is -2.37. The molecule has 0 saturated carbocycles. The minimum Gasteiger partial charge on any atom is -0.439 e. The van der Waals surface area contributed by atoms with E-state index in [2.05, 4.69) is 10.3 Å². The summed E-state index contributed by atoms with van der Waals surface area (Å²) in [5, 5.41) is 2.76. The van der Waals surface area contributed by atoms with Crippen LogP contribution in [0.25, 0.3) is 0 Å². The second-order valence-corrected chi connectivity index (χ2v) is 6.77. The smallest absolute Gasteiger partial charge is 0.253 e. The van der Waals surface area contributed by atoms with E-state index >= 15 is 0 Å². The average molecular weight is 342 g/mol. The van der Waals surface area contributed by atoms with Gasteiger partial charge in [0.05, 0.1) is 11.6 Å². The van der Waals surface area contributed by atoms with Crippen LogP contribution in [0.1, 0.15) is 27.9 Å². The lowest BCUT2D eigenvalue weighted by molar-refractivity contribution is -0.112. The highest BCUT2D eigenvalue weighted by Gasteiger charge is 2.27. The van der Waals surface area contributed by atoms with Crippen molar-refractivity contribution in [2.75, 3.05) is 5.75 Å². The van der Waals surface area contributed by atoms with Crippen LogP contribution in [0.5, 0.6) is 11.6 Å². The molecule has 1 fully saturated rings. The number of nitrogens with one attached hydrogen (secondary N) is 1. The van der Waals surface area contributed by atoms with E-state index in [0.29, 0.717) is 17.9 Å². The van der Waals surface area contributed by atoms with Crippen molar-refractivity contribution in [3.05, 3.63) is 53.2 Å². The number of hydrogen-bond acceptors (Lipinski definition) is 5. The summed E-state index contributed by atoms with van der Waals surface area (Å²) >= 11 is 1.26. The molecule has 1 aliphatic rings. The predicted octanol–water partition coefficient (Wildman–Crippen LogP) is 3.25. The minimum absolute atomic E-state index is 0.0196. The summed E-state index contributed by atoms with van der Waals surface area (Å²) in [4.78, 5) is 27.9. The van der Waals surface area contributed by atoms with E-state index in [0.717, 1.165) is 22.6 Å². The zero-order chi connectivity index (χ0) is 17.1. The summed E-state index contributed by atoms with van der Waals surface area (Å²) in [6.07, 6.45) is 2.14. The van der Waals surface area contributed by atoms with Crippen LogP contribution in [0.2, 0.25) is 0 Å². The molecule has 1 aromatic heterocycles. The monoisotopic (exact) mass is 342 g/mol. The maximum atomic E-state index is 12.2. The molecule has 24 heavy (non-hydrogen) atoms. The Balaban J connectivity index is 1.67. The van der Waals surface area contributed by atoms with Crippen LogP contribution in [0, 0.1) is 13.8 Å². The highest BCUT2D eigenvalue weighted by Crippen LogP contribution is 2.25. The van der Waals surface area contributed by atoms with Crippen LogP contribution < -0.4 is 10.1 Å². The Bertz CT molecular complexity index is 774. The van der Waals surface area contributed by atoms with E-state index in [4.69, 9.17) is 4.74 Å². The third-order valence-corrected chi connectivity index (χ3v) is 5.02. The Kier molecular flexibility index (Phi) is 4.85. The number of hydrogen-bond donors (Lipinski definition) is 1. The van der Waals surface area contributed by atoms with Gasteiger partial charge in [-0.15, -0.1) is 0 Å². The molecule has 0 aliphatic carbocycles. The molecule has 124 valence electrons. The molecule has 0 spiro atoms. The summed E-state index contributed by atoms with van der Waals surface area (Å²) in [5.41, 5.74) is 2.61. The summed E-state index contributed by atoms with van der Waals surface area (Å²) in [5.74, 6) is 1.63. The molecule has 1 N–H and O–H groups in total. The van der Waals surface area contributed by atoms with E-state index < -0.39 is 6.04 Å². The molecule has 0 radical (unpaired) electrons. The van der Waals surface area contributed by atoms with E-state index in [-0.39, 0.29) is 11.0 Å². The topological polar surface area (TPSA) is 68.3 Å². The number of rotatable bonds is 4. The second kappa shape index (κ2) is 7.05. The van der Waals surface area contributed by atoms with E-state index in [1.165, 1.54) is 18.0 Å². The highest BCUT2D eigenvalue weighted by atomic mass is 32.2. The van der Waals surface area contributed by atoms with Crippen LogP contribution in [0.15, 0.2) is 36.5 Å². The van der Waals surface area contributed by atoms with Crippen molar-refractivity contribution >= 4 is 22.8 Å². The lowest BCUT2D eigenvalue weighted by atomic mass is 10.1. The fourth-order valence-electron chi connectivity index (χ4n) is 2.39. The SMILES string of the molecule is Cc1cccc(Oc2ccc(C(=O)N[C@@H]3CCSC3=O)cn2)c1C. The van der Waals surface area contributed by atoms with Crippen molar-refractivity contribution < 1.29 is 14.3 Å². The summed E-state index contributed by atoms with van der Waals surface area (Å²) < 4.78 is 5.77. The first-order valence-corrected chi connectivity index (χ1v) is 8.71. The van der Waals surface area contributed by atoms with Gasteiger partial charge in [0.25, 0.3) is 5.91 Å². The quantitative estimate of drug-likeness (QED) is 0.924. The van der Waals surface area contributed by atoms with Gasteiger partial charge in [0.1, 0.15) is 5.75 Å². The first-order chi connectivity index (χ1) is 11.5. The molecule has 3 rings (SSSR count). The third-order valence-electron chi connectivity index (χ3n) is 4.01. The van der Waals surface area contributed by atoms with E-state index in [1.54, 1.807) is 12.1 Å². The summed E-state index contributed by atoms with van der Waals surface area (Å²) in [7, 11) is 0. The van der Waals surface area contributed by atoms with Gasteiger partial charge in [-0.3, -0.25) is 9.59 Å². The van der Waals surface area contributed by atoms with Crippen molar-refractivity contribution in [2.24, 2.45) is 0 Å². The number of aryl methyl sites for hydroxylation is 1. The number of thioether (sulfide) groups is 1. The molecule has 1 aromatic carbocycles. The van der Waals surface area contributed by atoms with E-state index in [1.807, 2.05) is 32.0 Å². The number of nitrogens with zero attached hydrogens (tertiary/aromatic N) is 1. The molecule has 2 aromatic rings. The zero-order valence-electron chi connectivity index (χ0n) is 13.5. The summed E-state index contributed by atoms with van der Waals surface area (Å²) in [6, 6.07) is 8.74. The Labute approximate surface area is 144 Å². The van der Waals surface area contributed by atoms with Crippen molar-refractivity contribution in [1.82, 2.24) is 10.3 Å². The molecule has 0 unspecified atom stereocenters. The van der Waals surface area contributed by atoms with Gasteiger partial charge in [0, 0.05) is 18.0 Å². The zero-order valence-corrected chi connectivity index (χ0v) is 14.4. The normalized spacial score (nSPS) is 16.9. The summed E-state index contributed by atoms with van der Waals surface area (Å²) in [6.45, 7) is 4.01. The number of carbonyl (C=O) groups is 2. The van der Waals surface area contributed by atoms with Gasteiger partial charge in [-0.25, -0.2) is 4.98 Å². The third kappa shape index (κ3) is 3.59. The van der Waals surface area contributed by atoms with Gasteiger partial charge in [0.2, 0.25) is 11.0 Å². The van der Waals surface area contributed by atoms with Gasteiger partial charge in [0.15, 0.2) is 0 Å². The first-order valence-electron chi connectivity index (χ1n) is 7.72. The molecule has 1 aliphatic heterocycles.